The number of fused-ring (bicyclic) bond motifs is 1. The summed E-state index contributed by atoms with van der Waals surface area (Å²) in [5, 5.41) is 2.70. The van der Waals surface area contributed by atoms with E-state index in [9.17, 15) is 14.4 Å². The molecule has 184 valence electrons. The molecule has 1 aliphatic heterocycles. The van der Waals surface area contributed by atoms with Gasteiger partial charge in [-0.15, -0.1) is 0 Å². The fourth-order valence-corrected chi connectivity index (χ4v) is 3.74. The second-order valence-corrected chi connectivity index (χ2v) is 8.27. The Labute approximate surface area is 195 Å². The summed E-state index contributed by atoms with van der Waals surface area (Å²) < 4.78 is 21.6. The van der Waals surface area contributed by atoms with Gasteiger partial charge in [-0.25, -0.2) is 0 Å². The maximum atomic E-state index is 13.3. The molecule has 1 N–H and O–H groups in total. The molecule has 1 aromatic rings. The van der Waals surface area contributed by atoms with Crippen LogP contribution in [-0.2, 0) is 23.8 Å². The minimum Gasteiger partial charge on any atom is -0.491 e. The average molecular weight is 466 g/mol. The van der Waals surface area contributed by atoms with Crippen molar-refractivity contribution in [3.63, 3.8) is 0 Å². The third-order valence-corrected chi connectivity index (χ3v) is 5.59. The van der Waals surface area contributed by atoms with Crippen LogP contribution in [0, 0.1) is 5.92 Å². The number of hydrogen-bond donors (Lipinski definition) is 1. The minimum absolute atomic E-state index is 0.0335. The highest BCUT2D eigenvalue weighted by atomic mass is 16.5. The zero-order valence-electron chi connectivity index (χ0n) is 20.3. The smallest absolute Gasteiger partial charge is 0.257 e. The number of likely N-dealkylation sites (N-methyl/N-ethyl adjacent to an activating group) is 1. The van der Waals surface area contributed by atoms with Crippen LogP contribution in [-0.4, -0.2) is 101 Å². The summed E-state index contributed by atoms with van der Waals surface area (Å²) in [5.41, 5.74) is 0.757. The zero-order valence-corrected chi connectivity index (χ0v) is 20.3. The Morgan fingerprint density at radius 3 is 2.45 bits per heavy atom. The molecule has 0 aromatic heterocycles. The van der Waals surface area contributed by atoms with E-state index in [1.165, 1.54) is 14.2 Å². The Kier molecular flexibility index (Phi) is 10.1. The first kappa shape index (κ1) is 26.6. The molecule has 0 unspecified atom stereocenters. The van der Waals surface area contributed by atoms with E-state index in [1.54, 1.807) is 42.2 Å². The lowest BCUT2D eigenvalue weighted by Gasteiger charge is -2.36. The van der Waals surface area contributed by atoms with Crippen LogP contribution < -0.4 is 10.1 Å². The third-order valence-electron chi connectivity index (χ3n) is 5.59. The SMILES string of the molecule is COCC(=O)Nc1ccc2c(c1)C(=O)N(C)C[C@H](OC)[C@H](C)CN(C(=O)COC)[C@@H](C)CO2. The van der Waals surface area contributed by atoms with Gasteiger partial charge >= 0.3 is 0 Å². The number of nitrogens with one attached hydrogen (secondary N) is 1. The summed E-state index contributed by atoms with van der Waals surface area (Å²) in [4.78, 5) is 41.2. The van der Waals surface area contributed by atoms with Crippen molar-refractivity contribution in [2.45, 2.75) is 26.0 Å². The third kappa shape index (κ3) is 7.15. The average Bonchev–Trinajstić information content (AvgIpc) is 2.78. The number of benzene rings is 1. The molecule has 0 radical (unpaired) electrons. The van der Waals surface area contributed by atoms with E-state index in [2.05, 4.69) is 5.32 Å². The molecule has 10 nitrogen and oxygen atoms in total. The predicted molar refractivity (Wildman–Crippen MR) is 122 cm³/mol. The number of anilines is 1. The van der Waals surface area contributed by atoms with Crippen LogP contribution in [0.5, 0.6) is 5.75 Å². The number of rotatable bonds is 6. The topological polar surface area (TPSA) is 107 Å². The highest BCUT2D eigenvalue weighted by Gasteiger charge is 2.30. The fourth-order valence-electron chi connectivity index (χ4n) is 3.74. The maximum absolute atomic E-state index is 13.3. The first-order valence-corrected chi connectivity index (χ1v) is 10.8. The number of carbonyl (C=O) groups excluding carboxylic acids is 3. The van der Waals surface area contributed by atoms with Gasteiger partial charge in [-0.2, -0.15) is 0 Å². The summed E-state index contributed by atoms with van der Waals surface area (Å²) >= 11 is 0. The normalized spacial score (nSPS) is 22.0. The molecule has 0 aliphatic carbocycles. The molecule has 0 saturated carbocycles. The molecule has 33 heavy (non-hydrogen) atoms. The molecule has 3 amide bonds. The van der Waals surface area contributed by atoms with Crippen molar-refractivity contribution < 1.29 is 33.3 Å². The molecule has 0 spiro atoms. The Morgan fingerprint density at radius 1 is 1.12 bits per heavy atom. The first-order chi connectivity index (χ1) is 15.7. The predicted octanol–water partition coefficient (Wildman–Crippen LogP) is 1.25. The second-order valence-electron chi connectivity index (χ2n) is 8.27. The monoisotopic (exact) mass is 465 g/mol. The van der Waals surface area contributed by atoms with E-state index < -0.39 is 0 Å². The van der Waals surface area contributed by atoms with E-state index in [0.29, 0.717) is 30.1 Å². The number of nitrogens with zero attached hydrogens (tertiary/aromatic N) is 2. The summed E-state index contributed by atoms with van der Waals surface area (Å²) in [6, 6.07) is 4.61. The van der Waals surface area contributed by atoms with E-state index >= 15 is 0 Å². The molecular formula is C23H35N3O7. The van der Waals surface area contributed by atoms with E-state index in [4.69, 9.17) is 18.9 Å². The number of carbonyl (C=O) groups is 3. The van der Waals surface area contributed by atoms with E-state index in [1.807, 2.05) is 13.8 Å². The van der Waals surface area contributed by atoms with Gasteiger partial charge in [0.05, 0.1) is 17.7 Å². The molecular weight excluding hydrogens is 430 g/mol. The van der Waals surface area contributed by atoms with Crippen LogP contribution in [0.1, 0.15) is 24.2 Å². The maximum Gasteiger partial charge on any atom is 0.257 e. The summed E-state index contributed by atoms with van der Waals surface area (Å²) in [6.45, 7) is 4.67. The quantitative estimate of drug-likeness (QED) is 0.674. The van der Waals surface area contributed by atoms with Gasteiger partial charge in [-0.1, -0.05) is 6.92 Å². The van der Waals surface area contributed by atoms with Gasteiger partial charge in [0.25, 0.3) is 5.91 Å². The second kappa shape index (κ2) is 12.5. The lowest BCUT2D eigenvalue weighted by Crippen LogP contribution is -2.49. The van der Waals surface area contributed by atoms with Crippen LogP contribution >= 0.6 is 0 Å². The highest BCUT2D eigenvalue weighted by Crippen LogP contribution is 2.26. The Morgan fingerprint density at radius 2 is 1.82 bits per heavy atom. The Bertz CT molecular complexity index is 832. The molecule has 1 aromatic carbocycles. The van der Waals surface area contributed by atoms with Gasteiger partial charge in [0.15, 0.2) is 0 Å². The molecule has 0 saturated heterocycles. The number of ether oxygens (including phenoxy) is 4. The van der Waals surface area contributed by atoms with Crippen LogP contribution in [0.4, 0.5) is 5.69 Å². The lowest BCUT2D eigenvalue weighted by molar-refractivity contribution is -0.139. The van der Waals surface area contributed by atoms with Crippen LogP contribution in [0.15, 0.2) is 18.2 Å². The molecule has 10 heteroatoms. The molecule has 2 rings (SSSR count). The minimum atomic E-state index is -0.332. The van der Waals surface area contributed by atoms with Crippen molar-refractivity contribution in [3.8, 4) is 5.75 Å². The lowest BCUT2D eigenvalue weighted by atomic mass is 10.0. The number of hydrogen-bond acceptors (Lipinski definition) is 7. The van der Waals surface area contributed by atoms with Gasteiger partial charge in [0, 0.05) is 53.1 Å². The van der Waals surface area contributed by atoms with Crippen molar-refractivity contribution in [1.29, 1.82) is 0 Å². The summed E-state index contributed by atoms with van der Waals surface area (Å²) in [5.74, 6) is -0.422. The van der Waals surface area contributed by atoms with Crippen molar-refractivity contribution in [3.05, 3.63) is 23.8 Å². The van der Waals surface area contributed by atoms with E-state index in [0.717, 1.165) is 0 Å². The summed E-state index contributed by atoms with van der Waals surface area (Å²) in [6.07, 6.45) is -0.294. The largest absolute Gasteiger partial charge is 0.491 e. The molecule has 3 atom stereocenters. The van der Waals surface area contributed by atoms with Gasteiger partial charge < -0.3 is 34.1 Å². The van der Waals surface area contributed by atoms with Gasteiger partial charge in [0.2, 0.25) is 11.8 Å². The number of methoxy groups -OCH3 is 3. The van der Waals surface area contributed by atoms with E-state index in [-0.39, 0.29) is 55.6 Å². The number of amides is 3. The molecule has 0 fully saturated rings. The molecule has 0 bridgehead atoms. The van der Waals surface area contributed by atoms with Crippen molar-refractivity contribution in [2.75, 3.05) is 66.6 Å². The van der Waals surface area contributed by atoms with Crippen LogP contribution in [0.3, 0.4) is 0 Å². The first-order valence-electron chi connectivity index (χ1n) is 10.8. The van der Waals surface area contributed by atoms with Crippen molar-refractivity contribution in [2.24, 2.45) is 5.92 Å². The van der Waals surface area contributed by atoms with Gasteiger partial charge in [-0.05, 0) is 25.1 Å². The Hall–Kier alpha value is -2.69. The standard InChI is InChI=1S/C23H35N3O7/c1-15-10-26(22(28)14-31-5)16(2)12-33-19-8-7-17(24-21(27)13-30-4)9-18(19)23(29)25(3)11-20(15)32-6/h7-9,15-16,20H,10-14H2,1-6H3,(H,24,27)/t15-,16+,20+/m1/s1. The van der Waals surface area contributed by atoms with Gasteiger partial charge in [-0.3, -0.25) is 14.4 Å². The van der Waals surface area contributed by atoms with Crippen molar-refractivity contribution >= 4 is 23.4 Å². The Balaban J connectivity index is 2.42. The summed E-state index contributed by atoms with van der Waals surface area (Å²) in [7, 11) is 6.19. The van der Waals surface area contributed by atoms with Gasteiger partial charge in [0.1, 0.15) is 25.6 Å². The van der Waals surface area contributed by atoms with Crippen molar-refractivity contribution in [1.82, 2.24) is 9.80 Å². The molecule has 1 aliphatic rings. The van der Waals surface area contributed by atoms with Crippen LogP contribution in [0.25, 0.3) is 0 Å². The highest BCUT2D eigenvalue weighted by molar-refractivity contribution is 5.99. The fraction of sp³-hybridized carbons (Fsp3) is 0.609. The zero-order chi connectivity index (χ0) is 24.5. The molecule has 1 heterocycles. The van der Waals surface area contributed by atoms with Crippen LogP contribution in [0.2, 0.25) is 0 Å².